The van der Waals surface area contributed by atoms with Gasteiger partial charge in [-0.05, 0) is 54.1 Å². The summed E-state index contributed by atoms with van der Waals surface area (Å²) in [6, 6.07) is 14.4. The van der Waals surface area contributed by atoms with E-state index in [1.165, 1.54) is 48.4 Å². The molecule has 2 N–H and O–H groups in total. The number of thioether (sulfide) groups is 1. The number of ketones is 1. The number of hydrogen-bond acceptors (Lipinski definition) is 5. The maximum Gasteiger partial charge on any atom is 0.417 e. The van der Waals surface area contributed by atoms with Crippen LogP contribution in [-0.2, 0) is 16.7 Å². The van der Waals surface area contributed by atoms with Gasteiger partial charge in [-0.3, -0.25) is 14.4 Å². The van der Waals surface area contributed by atoms with Gasteiger partial charge in [0, 0.05) is 33.9 Å². The Kier molecular flexibility index (Phi) is 9.42. The second kappa shape index (κ2) is 12.8. The van der Waals surface area contributed by atoms with E-state index in [0.29, 0.717) is 17.1 Å². The Morgan fingerprint density at radius 1 is 1.00 bits per heavy atom. The lowest BCUT2D eigenvalue weighted by Gasteiger charge is -2.12. The van der Waals surface area contributed by atoms with Gasteiger partial charge in [0.1, 0.15) is 0 Å². The summed E-state index contributed by atoms with van der Waals surface area (Å²) in [6.07, 6.45) is -2.18. The molecule has 0 aliphatic carbocycles. The smallest absolute Gasteiger partial charge is 0.417 e. The summed E-state index contributed by atoms with van der Waals surface area (Å²) in [7, 11) is 0. The first-order valence-corrected chi connectivity index (χ1v) is 13.8. The number of nitrogens with zero attached hydrogens (tertiary/aromatic N) is 2. The molecule has 0 atom stereocenters. The third-order valence-corrected chi connectivity index (χ3v) is 7.35. The first-order valence-electron chi connectivity index (χ1n) is 11.9. The number of rotatable bonds is 10. The normalized spacial score (nSPS) is 11.3. The zero-order chi connectivity index (χ0) is 29.7. The van der Waals surface area contributed by atoms with E-state index >= 15 is 0 Å². The molecule has 0 spiro atoms. The molecule has 1 aromatic heterocycles. The molecule has 1 amide bonds. The van der Waals surface area contributed by atoms with E-state index in [9.17, 15) is 27.6 Å². The van der Waals surface area contributed by atoms with Crippen LogP contribution in [0.3, 0.4) is 0 Å². The highest BCUT2D eigenvalue weighted by atomic mass is 35.5. The highest BCUT2D eigenvalue weighted by molar-refractivity contribution is 7.98. The van der Waals surface area contributed by atoms with Crippen molar-refractivity contribution >= 4 is 58.3 Å². The Balaban J connectivity index is 1.54. The number of halogens is 5. The molecule has 0 bridgehead atoms. The Labute approximate surface area is 246 Å². The topological polar surface area (TPSA) is 101 Å². The number of carboxylic acid groups (broad SMARTS) is 1. The lowest BCUT2D eigenvalue weighted by atomic mass is 10.0. The number of benzene rings is 3. The van der Waals surface area contributed by atoms with E-state index < -0.39 is 34.4 Å². The minimum atomic E-state index is -4.68. The minimum absolute atomic E-state index is 0.0331. The fourth-order valence-electron chi connectivity index (χ4n) is 3.77. The number of amides is 1. The maximum absolute atomic E-state index is 13.4. The number of carboxylic acids is 1. The summed E-state index contributed by atoms with van der Waals surface area (Å²) in [6.45, 7) is 0. The van der Waals surface area contributed by atoms with Crippen molar-refractivity contribution in [2.24, 2.45) is 0 Å². The summed E-state index contributed by atoms with van der Waals surface area (Å²) >= 11 is 13.3. The lowest BCUT2D eigenvalue weighted by molar-refractivity contribution is -0.138. The van der Waals surface area contributed by atoms with Crippen LogP contribution >= 0.6 is 35.0 Å². The molecule has 41 heavy (non-hydrogen) atoms. The lowest BCUT2D eigenvalue weighted by Crippen LogP contribution is -2.15. The fraction of sp³-hybridized carbons (Fsp3) is 0.143. The summed E-state index contributed by atoms with van der Waals surface area (Å²) in [5, 5.41) is 15.3. The number of carbonyl (C=O) groups is 3. The zero-order valence-electron chi connectivity index (χ0n) is 20.9. The molecular weight excluding hydrogens is 602 g/mol. The van der Waals surface area contributed by atoms with Crippen LogP contribution in [0, 0.1) is 0 Å². The molecular formula is C28H20Cl2F3N3O4S. The van der Waals surface area contributed by atoms with Gasteiger partial charge in [-0.1, -0.05) is 35.3 Å². The summed E-state index contributed by atoms with van der Waals surface area (Å²) in [4.78, 5) is 37.1. The van der Waals surface area contributed by atoms with Gasteiger partial charge >= 0.3 is 12.1 Å². The van der Waals surface area contributed by atoms with Gasteiger partial charge in [0.05, 0.1) is 40.1 Å². The molecule has 13 heteroatoms. The van der Waals surface area contributed by atoms with E-state index in [0.717, 1.165) is 22.4 Å². The second-order valence-electron chi connectivity index (χ2n) is 8.71. The van der Waals surface area contributed by atoms with Crippen LogP contribution in [0.4, 0.5) is 18.9 Å². The Morgan fingerprint density at radius 3 is 2.51 bits per heavy atom. The van der Waals surface area contributed by atoms with Gasteiger partial charge in [0.15, 0.2) is 5.78 Å². The Bertz CT molecular complexity index is 1630. The van der Waals surface area contributed by atoms with Crippen LogP contribution in [0.2, 0.25) is 10.0 Å². The number of alkyl halides is 3. The van der Waals surface area contributed by atoms with Gasteiger partial charge in [-0.15, -0.1) is 0 Å². The molecule has 0 aliphatic rings. The molecule has 0 saturated carbocycles. The highest BCUT2D eigenvalue weighted by Gasteiger charge is 2.33. The second-order valence-corrected chi connectivity index (χ2v) is 10.7. The zero-order valence-corrected chi connectivity index (χ0v) is 23.2. The van der Waals surface area contributed by atoms with E-state index in [1.54, 1.807) is 18.2 Å². The molecule has 0 radical (unpaired) electrons. The largest absolute Gasteiger partial charge is 0.481 e. The SMILES string of the molecule is O=C(O)CCSCc1cccc(C(=O)Nc2ccc(Cl)cc2C(=O)c2cnn(-c3ccc(Cl)c(C(F)(F)F)c3)c2)c1. The predicted octanol–water partition coefficient (Wildman–Crippen LogP) is 7.39. The number of anilines is 1. The van der Waals surface area contributed by atoms with Crippen LogP contribution in [0.15, 0.2) is 73.1 Å². The summed E-state index contributed by atoms with van der Waals surface area (Å²) in [5.41, 5.74) is 0.424. The van der Waals surface area contributed by atoms with Gasteiger partial charge < -0.3 is 10.4 Å². The molecule has 1 heterocycles. The van der Waals surface area contributed by atoms with Crippen molar-refractivity contribution < 1.29 is 32.7 Å². The minimum Gasteiger partial charge on any atom is -0.481 e. The molecule has 212 valence electrons. The first kappa shape index (κ1) is 30.2. The molecule has 0 fully saturated rings. The van der Waals surface area contributed by atoms with Crippen molar-refractivity contribution in [1.82, 2.24) is 9.78 Å². The monoisotopic (exact) mass is 621 g/mol. The van der Waals surface area contributed by atoms with Crippen LogP contribution in [-0.4, -0.2) is 38.3 Å². The molecule has 4 rings (SSSR count). The van der Waals surface area contributed by atoms with Crippen molar-refractivity contribution in [1.29, 1.82) is 0 Å². The highest BCUT2D eigenvalue weighted by Crippen LogP contribution is 2.36. The summed E-state index contributed by atoms with van der Waals surface area (Å²) < 4.78 is 41.0. The van der Waals surface area contributed by atoms with E-state index in [4.69, 9.17) is 28.3 Å². The van der Waals surface area contributed by atoms with Crippen LogP contribution in [0.1, 0.15) is 43.8 Å². The number of aliphatic carboxylic acids is 1. The van der Waals surface area contributed by atoms with Crippen LogP contribution in [0.5, 0.6) is 0 Å². The average molecular weight is 622 g/mol. The maximum atomic E-state index is 13.4. The van der Waals surface area contributed by atoms with Gasteiger partial charge in [0.2, 0.25) is 0 Å². The molecule has 3 aromatic carbocycles. The van der Waals surface area contributed by atoms with E-state index in [-0.39, 0.29) is 33.9 Å². The first-order chi connectivity index (χ1) is 19.4. The van der Waals surface area contributed by atoms with Crippen molar-refractivity contribution in [3.63, 3.8) is 0 Å². The van der Waals surface area contributed by atoms with Gasteiger partial charge in [-0.25, -0.2) is 4.68 Å². The van der Waals surface area contributed by atoms with E-state index in [2.05, 4.69) is 10.4 Å². The standard InChI is InChI=1S/C28H20Cl2F3N3O4S/c29-19-4-7-24(35-27(40)17-3-1-2-16(10-17)15-41-9-8-25(37)38)21(11-19)26(39)18-13-34-36(14-18)20-5-6-23(30)22(12-20)28(31,32)33/h1-7,10-14H,8-9,15H2,(H,35,40)(H,37,38). The Morgan fingerprint density at radius 2 is 1.78 bits per heavy atom. The Hall–Kier alpha value is -3.80. The van der Waals surface area contributed by atoms with Crippen molar-refractivity contribution in [3.05, 3.63) is 111 Å². The third kappa shape index (κ3) is 7.69. The molecule has 0 saturated heterocycles. The number of hydrogen-bond donors (Lipinski definition) is 2. The quantitative estimate of drug-likeness (QED) is 0.141. The third-order valence-electron chi connectivity index (χ3n) is 5.76. The summed E-state index contributed by atoms with van der Waals surface area (Å²) in [5.74, 6) is -0.994. The van der Waals surface area contributed by atoms with Crippen molar-refractivity contribution in [3.8, 4) is 5.69 Å². The fourth-order valence-corrected chi connectivity index (χ4v) is 5.04. The van der Waals surface area contributed by atoms with Crippen molar-refractivity contribution in [2.45, 2.75) is 18.3 Å². The van der Waals surface area contributed by atoms with E-state index in [1.807, 2.05) is 6.07 Å². The number of aromatic nitrogens is 2. The van der Waals surface area contributed by atoms with Crippen LogP contribution < -0.4 is 5.32 Å². The predicted molar refractivity (Wildman–Crippen MR) is 151 cm³/mol. The number of carbonyl (C=O) groups excluding carboxylic acids is 2. The average Bonchev–Trinajstić information content (AvgIpc) is 3.42. The van der Waals surface area contributed by atoms with Crippen molar-refractivity contribution in [2.75, 3.05) is 11.1 Å². The molecule has 4 aromatic rings. The van der Waals surface area contributed by atoms with Gasteiger partial charge in [-0.2, -0.15) is 30.0 Å². The van der Waals surface area contributed by atoms with Crippen LogP contribution in [0.25, 0.3) is 5.69 Å². The molecule has 0 unspecified atom stereocenters. The molecule has 7 nitrogen and oxygen atoms in total. The van der Waals surface area contributed by atoms with Gasteiger partial charge in [0.25, 0.3) is 5.91 Å². The number of nitrogens with one attached hydrogen (secondary N) is 1. The molecule has 0 aliphatic heterocycles.